The van der Waals surface area contributed by atoms with E-state index in [1.54, 1.807) is 31.0 Å². The van der Waals surface area contributed by atoms with Crippen LogP contribution in [0.1, 0.15) is 22.2 Å². The minimum Gasteiger partial charge on any atom is -0.493 e. The molecule has 0 bridgehead atoms. The van der Waals surface area contributed by atoms with E-state index in [4.69, 9.17) is 9.15 Å². The van der Waals surface area contributed by atoms with Crippen LogP contribution in [0, 0.1) is 0 Å². The second-order valence-corrected chi connectivity index (χ2v) is 6.37. The number of carbonyl (C=O) groups is 1. The second-order valence-electron chi connectivity index (χ2n) is 5.49. The molecule has 0 unspecified atom stereocenters. The van der Waals surface area contributed by atoms with Gasteiger partial charge in [-0.25, -0.2) is 0 Å². The molecular weight excluding hydrogens is 338 g/mol. The highest BCUT2D eigenvalue weighted by atomic mass is 32.2. The van der Waals surface area contributed by atoms with Crippen molar-refractivity contribution in [2.45, 2.75) is 11.0 Å². The Hall–Kier alpha value is -2.44. The minimum absolute atomic E-state index is 0.103. The van der Waals surface area contributed by atoms with Crippen molar-refractivity contribution in [3.05, 3.63) is 59.9 Å². The number of hydrogen-bond acceptors (Lipinski definition) is 5. The van der Waals surface area contributed by atoms with Crippen molar-refractivity contribution in [2.75, 3.05) is 19.9 Å². The van der Waals surface area contributed by atoms with Crippen LogP contribution in [0.3, 0.4) is 0 Å². The fraction of sp³-hybridized carbons (Fsp3) is 0.211. The molecule has 2 N–H and O–H groups in total. The molecule has 2 aromatic carbocycles. The largest absolute Gasteiger partial charge is 0.493 e. The van der Waals surface area contributed by atoms with Gasteiger partial charge < -0.3 is 19.6 Å². The topological polar surface area (TPSA) is 71.7 Å². The molecule has 1 atom stereocenters. The van der Waals surface area contributed by atoms with Gasteiger partial charge in [-0.15, -0.1) is 11.8 Å². The quantitative estimate of drug-likeness (QED) is 0.659. The van der Waals surface area contributed by atoms with Crippen molar-refractivity contribution < 1.29 is 19.1 Å². The van der Waals surface area contributed by atoms with E-state index in [9.17, 15) is 9.90 Å². The monoisotopic (exact) mass is 357 g/mol. The van der Waals surface area contributed by atoms with E-state index in [-0.39, 0.29) is 18.2 Å². The van der Waals surface area contributed by atoms with E-state index in [1.165, 1.54) is 0 Å². The summed E-state index contributed by atoms with van der Waals surface area (Å²) in [5, 5.41) is 13.7. The first-order valence-electron chi connectivity index (χ1n) is 7.79. The number of nitrogens with one attached hydrogen (secondary N) is 1. The summed E-state index contributed by atoms with van der Waals surface area (Å²) in [7, 11) is 1.55. The molecular formula is C19H19NO4S. The number of hydrogen-bond donors (Lipinski definition) is 2. The number of fused-ring (bicyclic) bond motifs is 1. The molecule has 0 spiro atoms. The molecule has 1 heterocycles. The van der Waals surface area contributed by atoms with Crippen LogP contribution in [0.25, 0.3) is 11.0 Å². The van der Waals surface area contributed by atoms with Gasteiger partial charge in [0.05, 0.1) is 13.2 Å². The summed E-state index contributed by atoms with van der Waals surface area (Å²) < 4.78 is 10.8. The summed E-state index contributed by atoms with van der Waals surface area (Å²) in [6.07, 6.45) is 1.22. The zero-order chi connectivity index (χ0) is 17.8. The van der Waals surface area contributed by atoms with Crippen LogP contribution < -0.4 is 10.1 Å². The first-order valence-corrected chi connectivity index (χ1v) is 9.01. The molecule has 3 aromatic rings. The predicted molar refractivity (Wildman–Crippen MR) is 98.3 cm³/mol. The molecule has 5 nitrogen and oxygen atoms in total. The van der Waals surface area contributed by atoms with Crippen molar-refractivity contribution >= 4 is 28.6 Å². The van der Waals surface area contributed by atoms with Gasteiger partial charge in [-0.3, -0.25) is 4.79 Å². The smallest absolute Gasteiger partial charge is 0.287 e. The molecule has 0 saturated heterocycles. The van der Waals surface area contributed by atoms with Gasteiger partial charge in [0, 0.05) is 16.8 Å². The molecule has 0 aliphatic rings. The van der Waals surface area contributed by atoms with E-state index in [1.807, 2.05) is 42.7 Å². The average Bonchev–Trinajstić information content (AvgIpc) is 3.10. The Balaban J connectivity index is 1.67. The number of methoxy groups -OCH3 is 1. The van der Waals surface area contributed by atoms with Crippen LogP contribution in [-0.2, 0) is 0 Å². The first-order chi connectivity index (χ1) is 12.1. The number of furan rings is 1. The summed E-state index contributed by atoms with van der Waals surface area (Å²) in [6, 6.07) is 14.7. The lowest BCUT2D eigenvalue weighted by Gasteiger charge is -2.12. The third-order valence-electron chi connectivity index (χ3n) is 3.91. The Morgan fingerprint density at radius 3 is 2.72 bits per heavy atom. The van der Waals surface area contributed by atoms with Gasteiger partial charge >= 0.3 is 0 Å². The SMILES string of the molecule is COc1cccc2cc(C(=O)NC[C@H](O)c3ccc(SC)cc3)oc12. The van der Waals surface area contributed by atoms with Crippen molar-refractivity contribution in [3.8, 4) is 5.75 Å². The molecule has 130 valence electrons. The molecule has 0 aliphatic carbocycles. The number of benzene rings is 2. The molecule has 25 heavy (non-hydrogen) atoms. The van der Waals surface area contributed by atoms with E-state index in [0.717, 1.165) is 15.8 Å². The van der Waals surface area contributed by atoms with Gasteiger partial charge in [0.2, 0.25) is 0 Å². The summed E-state index contributed by atoms with van der Waals surface area (Å²) in [5.74, 6) is 0.382. The number of thioether (sulfide) groups is 1. The van der Waals surface area contributed by atoms with Crippen molar-refractivity contribution in [1.29, 1.82) is 0 Å². The molecule has 1 aromatic heterocycles. The Kier molecular flexibility index (Phi) is 5.31. The molecule has 0 aliphatic heterocycles. The summed E-state index contributed by atoms with van der Waals surface area (Å²) in [6.45, 7) is 0.103. The lowest BCUT2D eigenvalue weighted by atomic mass is 10.1. The van der Waals surface area contributed by atoms with Crippen molar-refractivity contribution in [1.82, 2.24) is 5.32 Å². The van der Waals surface area contributed by atoms with Crippen LogP contribution in [0.5, 0.6) is 5.75 Å². The molecule has 1 amide bonds. The fourth-order valence-electron chi connectivity index (χ4n) is 2.53. The molecule has 6 heteroatoms. The van der Waals surface area contributed by atoms with Crippen molar-refractivity contribution in [2.24, 2.45) is 0 Å². The molecule has 0 saturated carbocycles. The maximum atomic E-state index is 12.3. The summed E-state index contributed by atoms with van der Waals surface area (Å²) >= 11 is 1.64. The first kappa shape index (κ1) is 17.4. The Morgan fingerprint density at radius 1 is 1.28 bits per heavy atom. The number of rotatable bonds is 6. The minimum atomic E-state index is -0.779. The highest BCUT2D eigenvalue weighted by molar-refractivity contribution is 7.98. The fourth-order valence-corrected chi connectivity index (χ4v) is 2.94. The summed E-state index contributed by atoms with van der Waals surface area (Å²) in [5.41, 5.74) is 1.28. The molecule has 3 rings (SSSR count). The highest BCUT2D eigenvalue weighted by Crippen LogP contribution is 2.28. The Morgan fingerprint density at radius 2 is 2.04 bits per heavy atom. The lowest BCUT2D eigenvalue weighted by Crippen LogP contribution is -2.28. The van der Waals surface area contributed by atoms with Gasteiger partial charge in [-0.2, -0.15) is 0 Å². The van der Waals surface area contributed by atoms with E-state index >= 15 is 0 Å². The predicted octanol–water partition coefficient (Wildman–Crippen LogP) is 3.63. The second kappa shape index (κ2) is 7.63. The summed E-state index contributed by atoms with van der Waals surface area (Å²) in [4.78, 5) is 13.4. The van der Waals surface area contributed by atoms with Gasteiger partial charge in [-0.1, -0.05) is 24.3 Å². The van der Waals surface area contributed by atoms with Crippen LogP contribution in [-0.4, -0.2) is 30.9 Å². The van der Waals surface area contributed by atoms with Crippen LogP contribution in [0.15, 0.2) is 57.8 Å². The number of aliphatic hydroxyl groups is 1. The van der Waals surface area contributed by atoms with Gasteiger partial charge in [-0.05, 0) is 36.1 Å². The zero-order valence-corrected chi connectivity index (χ0v) is 14.8. The van der Waals surface area contributed by atoms with Gasteiger partial charge in [0.15, 0.2) is 17.1 Å². The number of aliphatic hydroxyl groups excluding tert-OH is 1. The maximum Gasteiger partial charge on any atom is 0.287 e. The van der Waals surface area contributed by atoms with E-state index in [0.29, 0.717) is 11.3 Å². The van der Waals surface area contributed by atoms with Crippen LogP contribution in [0.4, 0.5) is 0 Å². The standard InChI is InChI=1S/C19H19NO4S/c1-23-16-5-3-4-13-10-17(24-18(13)16)19(22)20-11-15(21)12-6-8-14(25-2)9-7-12/h3-10,15,21H,11H2,1-2H3,(H,20,22)/t15-/m0/s1. The zero-order valence-electron chi connectivity index (χ0n) is 14.0. The van der Waals surface area contributed by atoms with Gasteiger partial charge in [0.25, 0.3) is 5.91 Å². The third kappa shape index (κ3) is 3.81. The molecule has 0 fully saturated rings. The Bertz CT molecular complexity index is 873. The van der Waals surface area contributed by atoms with Gasteiger partial charge in [0.1, 0.15) is 0 Å². The maximum absolute atomic E-state index is 12.3. The number of para-hydroxylation sites is 1. The normalized spacial score (nSPS) is 12.1. The number of ether oxygens (including phenoxy) is 1. The number of carbonyl (C=O) groups excluding carboxylic acids is 1. The van der Waals surface area contributed by atoms with Crippen molar-refractivity contribution in [3.63, 3.8) is 0 Å². The van der Waals surface area contributed by atoms with E-state index < -0.39 is 6.10 Å². The van der Waals surface area contributed by atoms with E-state index in [2.05, 4.69) is 5.32 Å². The third-order valence-corrected chi connectivity index (χ3v) is 4.65. The average molecular weight is 357 g/mol. The van der Waals surface area contributed by atoms with Crippen LogP contribution >= 0.6 is 11.8 Å². The van der Waals surface area contributed by atoms with Crippen LogP contribution in [0.2, 0.25) is 0 Å². The number of amides is 1. The lowest BCUT2D eigenvalue weighted by molar-refractivity contribution is 0.0891. The Labute approximate surface area is 150 Å². The molecule has 0 radical (unpaired) electrons. The highest BCUT2D eigenvalue weighted by Gasteiger charge is 2.16.